The van der Waals surface area contributed by atoms with Gasteiger partial charge in [-0.2, -0.15) is 0 Å². The number of benzene rings is 1. The van der Waals surface area contributed by atoms with Gasteiger partial charge in [0.1, 0.15) is 11.9 Å². The molecule has 0 atom stereocenters. The first kappa shape index (κ1) is 23.9. The van der Waals surface area contributed by atoms with Crippen molar-refractivity contribution >= 4 is 15.8 Å². The molecule has 3 heterocycles. The summed E-state index contributed by atoms with van der Waals surface area (Å²) in [6.07, 6.45) is 10.3. The minimum atomic E-state index is -3.31. The van der Waals surface area contributed by atoms with E-state index in [1.54, 1.807) is 31.3 Å². The van der Waals surface area contributed by atoms with Crippen LogP contribution in [0.4, 0.5) is 5.95 Å². The Labute approximate surface area is 200 Å². The Morgan fingerprint density at radius 3 is 2.38 bits per heavy atom. The predicted octanol–water partition coefficient (Wildman–Crippen LogP) is 3.34. The van der Waals surface area contributed by atoms with Crippen molar-refractivity contribution in [1.82, 2.24) is 14.5 Å². The zero-order chi connectivity index (χ0) is 24.3. The molecule has 1 fully saturated rings. The SMILES string of the molecule is CCCc1cnc(N2CCC(Oc3ccn(-c4ccc(S(C)(=O)=O)c(C)c4)c(=O)c3)CC2)nc1. The molecular weight excluding hydrogens is 452 g/mol. The van der Waals surface area contributed by atoms with E-state index in [0.29, 0.717) is 17.0 Å². The van der Waals surface area contributed by atoms with E-state index in [-0.39, 0.29) is 16.6 Å². The molecule has 2 aromatic heterocycles. The first-order valence-electron chi connectivity index (χ1n) is 11.5. The fraction of sp³-hybridized carbons (Fsp3) is 0.400. The van der Waals surface area contributed by atoms with Gasteiger partial charge in [-0.15, -0.1) is 0 Å². The van der Waals surface area contributed by atoms with Gasteiger partial charge in [-0.05, 0) is 48.7 Å². The van der Waals surface area contributed by atoms with Crippen molar-refractivity contribution < 1.29 is 13.2 Å². The van der Waals surface area contributed by atoms with E-state index in [4.69, 9.17) is 4.74 Å². The molecule has 0 unspecified atom stereocenters. The molecule has 1 aliphatic rings. The van der Waals surface area contributed by atoms with Crippen LogP contribution in [0.1, 0.15) is 37.3 Å². The largest absolute Gasteiger partial charge is 0.490 e. The Bertz CT molecular complexity index is 1310. The fourth-order valence-corrected chi connectivity index (χ4v) is 5.20. The quantitative estimate of drug-likeness (QED) is 0.510. The molecule has 0 radical (unpaired) electrons. The number of hydrogen-bond donors (Lipinski definition) is 0. The lowest BCUT2D eigenvalue weighted by Gasteiger charge is -2.32. The van der Waals surface area contributed by atoms with Crippen LogP contribution in [0.2, 0.25) is 0 Å². The highest BCUT2D eigenvalue weighted by Crippen LogP contribution is 2.22. The highest BCUT2D eigenvalue weighted by atomic mass is 32.2. The first-order valence-corrected chi connectivity index (χ1v) is 13.4. The predicted molar refractivity (Wildman–Crippen MR) is 132 cm³/mol. The van der Waals surface area contributed by atoms with Crippen molar-refractivity contribution in [1.29, 1.82) is 0 Å². The average Bonchev–Trinajstić information content (AvgIpc) is 2.80. The number of nitrogens with zero attached hydrogens (tertiary/aromatic N) is 4. The molecule has 1 saturated heterocycles. The third-order valence-electron chi connectivity index (χ3n) is 5.99. The molecule has 0 aliphatic carbocycles. The summed E-state index contributed by atoms with van der Waals surface area (Å²) < 4.78 is 31.3. The van der Waals surface area contributed by atoms with E-state index in [1.165, 1.54) is 23.0 Å². The Kier molecular flexibility index (Phi) is 7.02. The molecule has 3 aromatic rings. The summed E-state index contributed by atoms with van der Waals surface area (Å²) in [5.41, 5.74) is 2.13. The zero-order valence-electron chi connectivity index (χ0n) is 19.8. The topological polar surface area (TPSA) is 94.4 Å². The number of pyridine rings is 1. The van der Waals surface area contributed by atoms with Gasteiger partial charge in [-0.25, -0.2) is 18.4 Å². The van der Waals surface area contributed by atoms with Gasteiger partial charge in [0.25, 0.3) is 5.56 Å². The Morgan fingerprint density at radius 2 is 1.79 bits per heavy atom. The van der Waals surface area contributed by atoms with Crippen LogP contribution in [0.5, 0.6) is 5.75 Å². The van der Waals surface area contributed by atoms with Gasteiger partial charge in [-0.1, -0.05) is 13.3 Å². The molecule has 1 aromatic carbocycles. The van der Waals surface area contributed by atoms with Crippen LogP contribution >= 0.6 is 0 Å². The van der Waals surface area contributed by atoms with Gasteiger partial charge in [-0.3, -0.25) is 9.36 Å². The van der Waals surface area contributed by atoms with Crippen molar-refractivity contribution in [3.05, 3.63) is 70.4 Å². The maximum Gasteiger partial charge on any atom is 0.258 e. The van der Waals surface area contributed by atoms with Crippen LogP contribution in [0.3, 0.4) is 0 Å². The summed E-state index contributed by atoms with van der Waals surface area (Å²) in [5.74, 6) is 1.28. The molecule has 1 aliphatic heterocycles. The minimum Gasteiger partial charge on any atom is -0.490 e. The molecular formula is C25H30N4O4S. The third-order valence-corrected chi connectivity index (χ3v) is 7.24. The second kappa shape index (κ2) is 9.97. The standard InChI is InChI=1S/C25H30N4O4S/c1-4-5-19-16-26-25(27-17-19)28-11-8-21(9-12-28)33-22-10-13-29(24(30)15-22)20-6-7-23(18(2)14-20)34(3,31)32/h6-7,10,13-17,21H,4-5,8-9,11-12H2,1-3H3. The normalized spacial score (nSPS) is 14.9. The summed E-state index contributed by atoms with van der Waals surface area (Å²) in [6.45, 7) is 5.45. The Hall–Kier alpha value is -3.20. The summed E-state index contributed by atoms with van der Waals surface area (Å²) in [4.78, 5) is 24.2. The van der Waals surface area contributed by atoms with Gasteiger partial charge < -0.3 is 9.64 Å². The summed E-state index contributed by atoms with van der Waals surface area (Å²) in [5, 5.41) is 0. The minimum absolute atomic E-state index is 0.0159. The second-order valence-electron chi connectivity index (χ2n) is 8.74. The number of aryl methyl sites for hydroxylation is 2. The average molecular weight is 483 g/mol. The maximum absolute atomic E-state index is 12.7. The van der Waals surface area contributed by atoms with Gasteiger partial charge in [0, 0.05) is 62.5 Å². The second-order valence-corrected chi connectivity index (χ2v) is 10.7. The van der Waals surface area contributed by atoms with E-state index >= 15 is 0 Å². The van der Waals surface area contributed by atoms with E-state index in [1.807, 2.05) is 12.4 Å². The Balaban J connectivity index is 1.39. The molecule has 0 spiro atoms. The van der Waals surface area contributed by atoms with Crippen LogP contribution in [0, 0.1) is 6.92 Å². The van der Waals surface area contributed by atoms with E-state index in [9.17, 15) is 13.2 Å². The lowest BCUT2D eigenvalue weighted by Crippen LogP contribution is -2.39. The highest BCUT2D eigenvalue weighted by molar-refractivity contribution is 7.90. The molecule has 8 nitrogen and oxygen atoms in total. The number of ether oxygens (including phenoxy) is 1. The Morgan fingerprint density at radius 1 is 1.09 bits per heavy atom. The number of piperidine rings is 1. The molecule has 180 valence electrons. The fourth-order valence-electron chi connectivity index (χ4n) is 4.24. The zero-order valence-corrected chi connectivity index (χ0v) is 20.6. The first-order chi connectivity index (χ1) is 16.2. The van der Waals surface area contributed by atoms with E-state index in [2.05, 4.69) is 21.8 Å². The van der Waals surface area contributed by atoms with Crippen LogP contribution in [0.25, 0.3) is 5.69 Å². The highest BCUT2D eigenvalue weighted by Gasteiger charge is 2.22. The summed E-state index contributed by atoms with van der Waals surface area (Å²) in [7, 11) is -3.31. The summed E-state index contributed by atoms with van der Waals surface area (Å²) in [6, 6.07) is 8.11. The maximum atomic E-state index is 12.7. The third kappa shape index (κ3) is 5.47. The number of anilines is 1. The van der Waals surface area contributed by atoms with Crippen molar-refractivity contribution in [2.45, 2.75) is 50.5 Å². The van der Waals surface area contributed by atoms with E-state index < -0.39 is 9.84 Å². The number of rotatable bonds is 7. The molecule has 4 rings (SSSR count). The van der Waals surface area contributed by atoms with Crippen molar-refractivity contribution in [3.63, 3.8) is 0 Å². The molecule has 0 amide bonds. The van der Waals surface area contributed by atoms with Crippen LogP contribution in [-0.2, 0) is 16.3 Å². The molecule has 34 heavy (non-hydrogen) atoms. The van der Waals surface area contributed by atoms with Gasteiger partial charge in [0.2, 0.25) is 5.95 Å². The molecule has 0 N–H and O–H groups in total. The van der Waals surface area contributed by atoms with Crippen LogP contribution in [-0.4, -0.2) is 48.4 Å². The van der Waals surface area contributed by atoms with Gasteiger partial charge in [0.15, 0.2) is 9.84 Å². The van der Waals surface area contributed by atoms with Crippen molar-refractivity contribution in [3.8, 4) is 11.4 Å². The molecule has 0 saturated carbocycles. The molecule has 0 bridgehead atoms. The number of sulfone groups is 1. The van der Waals surface area contributed by atoms with Crippen molar-refractivity contribution in [2.24, 2.45) is 0 Å². The number of aromatic nitrogens is 3. The monoisotopic (exact) mass is 482 g/mol. The number of hydrogen-bond acceptors (Lipinski definition) is 7. The smallest absolute Gasteiger partial charge is 0.258 e. The van der Waals surface area contributed by atoms with Gasteiger partial charge in [0.05, 0.1) is 4.90 Å². The lowest BCUT2D eigenvalue weighted by atomic mass is 10.1. The van der Waals surface area contributed by atoms with Crippen LogP contribution < -0.4 is 15.2 Å². The van der Waals surface area contributed by atoms with E-state index in [0.717, 1.165) is 50.3 Å². The van der Waals surface area contributed by atoms with Crippen molar-refractivity contribution in [2.75, 3.05) is 24.2 Å². The van der Waals surface area contributed by atoms with Gasteiger partial charge >= 0.3 is 0 Å². The molecule has 9 heteroatoms. The lowest BCUT2D eigenvalue weighted by molar-refractivity contribution is 0.170. The van der Waals surface area contributed by atoms with Crippen LogP contribution in [0.15, 0.2) is 58.6 Å². The summed E-state index contributed by atoms with van der Waals surface area (Å²) >= 11 is 0.